The molecule has 1 amide bonds. The molecule has 1 aliphatic rings. The number of carbonyl (C=O) groups excluding carboxylic acids is 1. The highest BCUT2D eigenvalue weighted by Crippen LogP contribution is 2.44. The molecule has 6 heteroatoms. The van der Waals surface area contributed by atoms with Gasteiger partial charge in [-0.2, -0.15) is 0 Å². The Morgan fingerprint density at radius 3 is 2.24 bits per heavy atom. The van der Waals surface area contributed by atoms with Crippen LogP contribution in [0.25, 0.3) is 0 Å². The van der Waals surface area contributed by atoms with Crippen molar-refractivity contribution in [2.45, 2.75) is 19.9 Å². The van der Waals surface area contributed by atoms with Gasteiger partial charge >= 0.3 is 6.09 Å². The Hall–Kier alpha value is -2.11. The predicted octanol–water partition coefficient (Wildman–Crippen LogP) is 2.52. The van der Waals surface area contributed by atoms with E-state index in [9.17, 15) is 4.79 Å². The highest BCUT2D eigenvalue weighted by Gasteiger charge is 2.39. The lowest BCUT2D eigenvalue weighted by Gasteiger charge is -2.39. The molecule has 1 aromatic carbocycles. The van der Waals surface area contributed by atoms with Gasteiger partial charge in [-0.3, -0.25) is 0 Å². The summed E-state index contributed by atoms with van der Waals surface area (Å²) in [6.45, 7) is 4.38. The molecule has 1 saturated heterocycles. The molecule has 116 valence electrons. The lowest BCUT2D eigenvalue weighted by Crippen LogP contribution is -2.47. The fraction of sp³-hybridized carbons (Fsp3) is 0.533. The van der Waals surface area contributed by atoms with Gasteiger partial charge in [-0.15, -0.1) is 0 Å². The molecule has 0 saturated carbocycles. The third-order valence-electron chi connectivity index (χ3n) is 3.67. The van der Waals surface area contributed by atoms with Crippen molar-refractivity contribution in [1.82, 2.24) is 5.32 Å². The molecule has 1 heterocycles. The number of cyclic esters (lactones) is 1. The second-order valence-electron chi connectivity index (χ2n) is 5.59. The van der Waals surface area contributed by atoms with Gasteiger partial charge < -0.3 is 24.3 Å². The summed E-state index contributed by atoms with van der Waals surface area (Å²) < 4.78 is 21.1. The van der Waals surface area contributed by atoms with Crippen molar-refractivity contribution in [3.8, 4) is 17.2 Å². The summed E-state index contributed by atoms with van der Waals surface area (Å²) >= 11 is 0. The second kappa shape index (κ2) is 5.71. The van der Waals surface area contributed by atoms with Gasteiger partial charge in [-0.25, -0.2) is 4.79 Å². The topological polar surface area (TPSA) is 66.0 Å². The zero-order chi connectivity index (χ0) is 15.6. The van der Waals surface area contributed by atoms with Crippen molar-refractivity contribution in [1.29, 1.82) is 0 Å². The number of hydrogen-bond acceptors (Lipinski definition) is 5. The second-order valence-corrected chi connectivity index (χ2v) is 5.59. The highest BCUT2D eigenvalue weighted by atomic mass is 16.6. The van der Waals surface area contributed by atoms with Gasteiger partial charge in [0.25, 0.3) is 0 Å². The van der Waals surface area contributed by atoms with E-state index in [2.05, 4.69) is 5.32 Å². The Morgan fingerprint density at radius 2 is 1.67 bits per heavy atom. The molecular weight excluding hydrogens is 274 g/mol. The summed E-state index contributed by atoms with van der Waals surface area (Å²) in [5.41, 5.74) is 0.553. The van der Waals surface area contributed by atoms with Gasteiger partial charge in [0.1, 0.15) is 12.4 Å². The van der Waals surface area contributed by atoms with E-state index in [1.54, 1.807) is 27.4 Å². The van der Waals surface area contributed by atoms with Crippen LogP contribution in [0, 0.1) is 5.41 Å². The van der Waals surface area contributed by atoms with E-state index in [0.29, 0.717) is 23.9 Å². The first-order chi connectivity index (χ1) is 9.92. The van der Waals surface area contributed by atoms with Crippen LogP contribution in [0.2, 0.25) is 0 Å². The molecule has 6 nitrogen and oxygen atoms in total. The normalized spacial score (nSPS) is 20.2. The van der Waals surface area contributed by atoms with Crippen LogP contribution in [-0.2, 0) is 4.74 Å². The average Bonchev–Trinajstić information content (AvgIpc) is 2.48. The number of nitrogens with one attached hydrogen (secondary N) is 1. The van der Waals surface area contributed by atoms with Crippen LogP contribution < -0.4 is 19.5 Å². The Bertz CT molecular complexity index is 541. The molecule has 21 heavy (non-hydrogen) atoms. The zero-order valence-electron chi connectivity index (χ0n) is 13.0. The van der Waals surface area contributed by atoms with E-state index in [0.717, 1.165) is 5.56 Å². The van der Waals surface area contributed by atoms with Crippen molar-refractivity contribution in [2.75, 3.05) is 27.9 Å². The maximum atomic E-state index is 11.6. The van der Waals surface area contributed by atoms with E-state index in [1.165, 1.54) is 0 Å². The SMILES string of the molecule is COc1cc(OC)c([C@@H]2NC(=O)OCC2(C)C)cc1OC. The van der Waals surface area contributed by atoms with E-state index >= 15 is 0 Å². The van der Waals surface area contributed by atoms with Gasteiger partial charge in [0.2, 0.25) is 0 Å². The first-order valence-corrected chi connectivity index (χ1v) is 6.66. The fourth-order valence-electron chi connectivity index (χ4n) is 2.47. The smallest absolute Gasteiger partial charge is 0.407 e. The van der Waals surface area contributed by atoms with Crippen molar-refractivity contribution < 1.29 is 23.7 Å². The third-order valence-corrected chi connectivity index (χ3v) is 3.67. The highest BCUT2D eigenvalue weighted by molar-refractivity contribution is 5.69. The summed E-state index contributed by atoms with van der Waals surface area (Å²) in [4.78, 5) is 11.6. The maximum Gasteiger partial charge on any atom is 0.407 e. The molecule has 0 unspecified atom stereocenters. The van der Waals surface area contributed by atoms with E-state index in [4.69, 9.17) is 18.9 Å². The molecule has 1 fully saturated rings. The van der Waals surface area contributed by atoms with Gasteiger partial charge in [0.15, 0.2) is 11.5 Å². The summed E-state index contributed by atoms with van der Waals surface area (Å²) in [6, 6.07) is 3.34. The molecular formula is C15H21NO5. The van der Waals surface area contributed by atoms with E-state index < -0.39 is 6.09 Å². The third kappa shape index (κ3) is 2.84. The number of amides is 1. The largest absolute Gasteiger partial charge is 0.496 e. The molecule has 0 aromatic heterocycles. The minimum atomic E-state index is -0.434. The zero-order valence-corrected chi connectivity index (χ0v) is 13.0. The van der Waals surface area contributed by atoms with Crippen molar-refractivity contribution >= 4 is 6.09 Å². The number of methoxy groups -OCH3 is 3. The first kappa shape index (κ1) is 15.3. The quantitative estimate of drug-likeness (QED) is 0.924. The molecule has 0 aliphatic carbocycles. The van der Waals surface area contributed by atoms with E-state index in [1.807, 2.05) is 19.9 Å². The lowest BCUT2D eigenvalue weighted by molar-refractivity contribution is 0.0380. The number of benzene rings is 1. The summed E-state index contributed by atoms with van der Waals surface area (Å²) in [6.07, 6.45) is -0.434. The van der Waals surface area contributed by atoms with Gasteiger partial charge in [0.05, 0.1) is 27.4 Å². The minimum absolute atomic E-state index is 0.242. The van der Waals surface area contributed by atoms with Crippen LogP contribution in [0.3, 0.4) is 0 Å². The first-order valence-electron chi connectivity index (χ1n) is 6.66. The summed E-state index contributed by atoms with van der Waals surface area (Å²) in [7, 11) is 4.72. The molecule has 2 rings (SSSR count). The van der Waals surface area contributed by atoms with E-state index in [-0.39, 0.29) is 11.5 Å². The Kier molecular flexibility index (Phi) is 4.16. The molecule has 0 radical (unpaired) electrons. The molecule has 1 aliphatic heterocycles. The van der Waals surface area contributed by atoms with Gasteiger partial charge in [-0.05, 0) is 6.07 Å². The maximum absolute atomic E-state index is 11.6. The average molecular weight is 295 g/mol. The molecule has 1 aromatic rings. The molecule has 0 spiro atoms. The summed E-state index contributed by atoms with van der Waals surface area (Å²) in [5.74, 6) is 1.80. The summed E-state index contributed by atoms with van der Waals surface area (Å²) in [5, 5.41) is 2.85. The Morgan fingerprint density at radius 1 is 1.10 bits per heavy atom. The van der Waals surface area contributed by atoms with Crippen molar-refractivity contribution in [2.24, 2.45) is 5.41 Å². The number of ether oxygens (including phenoxy) is 4. The number of hydrogen-bond donors (Lipinski definition) is 1. The predicted molar refractivity (Wildman–Crippen MR) is 77.1 cm³/mol. The monoisotopic (exact) mass is 295 g/mol. The van der Waals surface area contributed by atoms with Crippen molar-refractivity contribution in [3.05, 3.63) is 17.7 Å². The molecule has 1 atom stereocenters. The number of carbonyl (C=O) groups is 1. The molecule has 1 N–H and O–H groups in total. The van der Waals surface area contributed by atoms with Crippen LogP contribution in [-0.4, -0.2) is 34.0 Å². The van der Waals surface area contributed by atoms with Crippen LogP contribution in [0.5, 0.6) is 17.2 Å². The van der Waals surface area contributed by atoms with Crippen molar-refractivity contribution in [3.63, 3.8) is 0 Å². The Labute approximate surface area is 124 Å². The van der Waals surface area contributed by atoms with Crippen LogP contribution in [0.4, 0.5) is 4.79 Å². The van der Waals surface area contributed by atoms with Crippen LogP contribution >= 0.6 is 0 Å². The minimum Gasteiger partial charge on any atom is -0.496 e. The van der Waals surface area contributed by atoms with Gasteiger partial charge in [0, 0.05) is 17.0 Å². The number of rotatable bonds is 4. The Balaban J connectivity index is 2.52. The molecule has 0 bridgehead atoms. The fourth-order valence-corrected chi connectivity index (χ4v) is 2.47. The lowest BCUT2D eigenvalue weighted by atomic mass is 9.80. The van der Waals surface area contributed by atoms with Crippen LogP contribution in [0.15, 0.2) is 12.1 Å². The van der Waals surface area contributed by atoms with Gasteiger partial charge in [-0.1, -0.05) is 13.8 Å². The number of alkyl carbamates (subject to hydrolysis) is 1. The van der Waals surface area contributed by atoms with Crippen LogP contribution in [0.1, 0.15) is 25.5 Å². The standard InChI is InChI=1S/C15H21NO5/c1-15(2)8-21-14(17)16-13(15)9-6-11(19-4)12(20-5)7-10(9)18-3/h6-7,13H,8H2,1-5H3,(H,16,17)/t13-/m0/s1.